The number of nitrogens with zero attached hydrogens (tertiary/aromatic N) is 1. The van der Waals surface area contributed by atoms with Gasteiger partial charge in [-0.05, 0) is 37.0 Å². The summed E-state index contributed by atoms with van der Waals surface area (Å²) in [7, 11) is 0. The number of anilines is 2. The van der Waals surface area contributed by atoms with E-state index in [0.29, 0.717) is 17.2 Å². The summed E-state index contributed by atoms with van der Waals surface area (Å²) < 4.78 is 0. The molecule has 0 radical (unpaired) electrons. The van der Waals surface area contributed by atoms with E-state index in [4.69, 9.17) is 10.8 Å². The lowest BCUT2D eigenvalue weighted by molar-refractivity contribution is 0.0697. The van der Waals surface area contributed by atoms with Crippen molar-refractivity contribution in [1.29, 1.82) is 0 Å². The van der Waals surface area contributed by atoms with Gasteiger partial charge in [-0.2, -0.15) is 0 Å². The minimum absolute atomic E-state index is 0.304. The quantitative estimate of drug-likeness (QED) is 0.807. The Balaban J connectivity index is 2.26. The van der Waals surface area contributed by atoms with Gasteiger partial charge >= 0.3 is 5.97 Å². The molecular weight excluding hydrogens is 228 g/mol. The van der Waals surface area contributed by atoms with Crippen LogP contribution in [0.5, 0.6) is 0 Å². The third kappa shape index (κ3) is 2.58. The summed E-state index contributed by atoms with van der Waals surface area (Å²) in [6, 6.07) is 4.94. The van der Waals surface area contributed by atoms with Crippen LogP contribution in [0.1, 0.15) is 36.5 Å². The molecule has 1 atom stereocenters. The third-order valence-electron chi connectivity index (χ3n) is 3.71. The molecule has 0 aromatic heterocycles. The Morgan fingerprint density at radius 1 is 1.56 bits per heavy atom. The topological polar surface area (TPSA) is 66.6 Å². The van der Waals surface area contributed by atoms with Gasteiger partial charge in [0.1, 0.15) is 0 Å². The lowest BCUT2D eigenvalue weighted by Gasteiger charge is -2.34. The molecule has 0 amide bonds. The van der Waals surface area contributed by atoms with Crippen molar-refractivity contribution in [2.45, 2.75) is 26.2 Å². The molecule has 1 aromatic rings. The standard InChI is InChI=1S/C14H20N2O2/c1-2-10-4-3-7-16(9-10)13-8-11(14(17)18)5-6-12(13)15/h5-6,8,10H,2-4,7,9,15H2,1H3,(H,17,18). The van der Waals surface area contributed by atoms with E-state index in [0.717, 1.165) is 31.6 Å². The highest BCUT2D eigenvalue weighted by Crippen LogP contribution is 2.30. The highest BCUT2D eigenvalue weighted by molar-refractivity contribution is 5.90. The van der Waals surface area contributed by atoms with Crippen LogP contribution in [0.25, 0.3) is 0 Å². The summed E-state index contributed by atoms with van der Waals surface area (Å²) in [6.45, 7) is 4.14. The molecule has 0 saturated carbocycles. The fourth-order valence-electron chi connectivity index (χ4n) is 2.57. The molecule has 0 spiro atoms. The van der Waals surface area contributed by atoms with Crippen LogP contribution in [-0.2, 0) is 0 Å². The Labute approximate surface area is 107 Å². The summed E-state index contributed by atoms with van der Waals surface area (Å²) in [5.74, 6) is -0.216. The molecule has 4 nitrogen and oxygen atoms in total. The van der Waals surface area contributed by atoms with Gasteiger partial charge in [-0.1, -0.05) is 13.3 Å². The van der Waals surface area contributed by atoms with Gasteiger partial charge in [0.15, 0.2) is 0 Å². The van der Waals surface area contributed by atoms with E-state index in [2.05, 4.69) is 11.8 Å². The van der Waals surface area contributed by atoms with E-state index in [1.807, 2.05) is 0 Å². The SMILES string of the molecule is CCC1CCCN(c2cc(C(=O)O)ccc2N)C1. The van der Waals surface area contributed by atoms with Crippen LogP contribution in [-0.4, -0.2) is 24.2 Å². The van der Waals surface area contributed by atoms with Crippen LogP contribution in [0.4, 0.5) is 11.4 Å². The maximum Gasteiger partial charge on any atom is 0.335 e. The van der Waals surface area contributed by atoms with E-state index in [1.54, 1.807) is 18.2 Å². The third-order valence-corrected chi connectivity index (χ3v) is 3.71. The number of hydrogen-bond acceptors (Lipinski definition) is 3. The van der Waals surface area contributed by atoms with Crippen molar-refractivity contribution in [3.63, 3.8) is 0 Å². The summed E-state index contributed by atoms with van der Waals surface area (Å²) in [4.78, 5) is 13.2. The number of benzene rings is 1. The van der Waals surface area contributed by atoms with Gasteiger partial charge < -0.3 is 15.7 Å². The molecule has 4 heteroatoms. The molecule has 18 heavy (non-hydrogen) atoms. The first kappa shape index (κ1) is 12.7. The van der Waals surface area contributed by atoms with Crippen molar-refractivity contribution in [2.24, 2.45) is 5.92 Å². The average Bonchev–Trinajstić information content (AvgIpc) is 2.39. The van der Waals surface area contributed by atoms with Crippen molar-refractivity contribution in [2.75, 3.05) is 23.7 Å². The molecule has 1 heterocycles. The van der Waals surface area contributed by atoms with Crippen LogP contribution in [0.3, 0.4) is 0 Å². The van der Waals surface area contributed by atoms with Gasteiger partial charge in [0, 0.05) is 13.1 Å². The Kier molecular flexibility index (Phi) is 3.75. The highest BCUT2D eigenvalue weighted by atomic mass is 16.4. The number of carboxylic acid groups (broad SMARTS) is 1. The number of carboxylic acids is 1. The van der Waals surface area contributed by atoms with E-state index in [-0.39, 0.29) is 0 Å². The summed E-state index contributed by atoms with van der Waals surface area (Å²) in [6.07, 6.45) is 3.57. The smallest absolute Gasteiger partial charge is 0.335 e. The molecule has 1 aromatic carbocycles. The molecule has 1 fully saturated rings. The van der Waals surface area contributed by atoms with Crippen LogP contribution in [0.15, 0.2) is 18.2 Å². The fraction of sp³-hybridized carbons (Fsp3) is 0.500. The Hall–Kier alpha value is -1.71. The van der Waals surface area contributed by atoms with E-state index in [1.165, 1.54) is 6.42 Å². The molecule has 98 valence electrons. The first-order chi connectivity index (χ1) is 8.61. The van der Waals surface area contributed by atoms with Gasteiger partial charge in [-0.25, -0.2) is 4.79 Å². The van der Waals surface area contributed by atoms with Crippen molar-refractivity contribution in [3.05, 3.63) is 23.8 Å². The van der Waals surface area contributed by atoms with Gasteiger partial charge in [0.25, 0.3) is 0 Å². The minimum Gasteiger partial charge on any atom is -0.478 e. The number of hydrogen-bond donors (Lipinski definition) is 2. The normalized spacial score (nSPS) is 19.8. The summed E-state index contributed by atoms with van der Waals surface area (Å²) >= 11 is 0. The van der Waals surface area contributed by atoms with Crippen molar-refractivity contribution in [3.8, 4) is 0 Å². The number of rotatable bonds is 3. The lowest BCUT2D eigenvalue weighted by Crippen LogP contribution is -2.35. The summed E-state index contributed by atoms with van der Waals surface area (Å²) in [5.41, 5.74) is 7.81. The van der Waals surface area contributed by atoms with E-state index >= 15 is 0 Å². The zero-order valence-electron chi connectivity index (χ0n) is 10.7. The average molecular weight is 248 g/mol. The Morgan fingerprint density at radius 3 is 3.00 bits per heavy atom. The monoisotopic (exact) mass is 248 g/mol. The maximum absolute atomic E-state index is 11.0. The second-order valence-electron chi connectivity index (χ2n) is 4.94. The zero-order valence-corrected chi connectivity index (χ0v) is 10.7. The molecule has 1 aliphatic heterocycles. The maximum atomic E-state index is 11.0. The number of piperidine rings is 1. The minimum atomic E-state index is -0.902. The van der Waals surface area contributed by atoms with Crippen LogP contribution < -0.4 is 10.6 Å². The molecule has 1 unspecified atom stereocenters. The molecule has 3 N–H and O–H groups in total. The van der Waals surface area contributed by atoms with Crippen LogP contribution in [0.2, 0.25) is 0 Å². The highest BCUT2D eigenvalue weighted by Gasteiger charge is 2.21. The van der Waals surface area contributed by atoms with Crippen molar-refractivity contribution >= 4 is 17.3 Å². The van der Waals surface area contributed by atoms with E-state index in [9.17, 15) is 4.79 Å². The number of aromatic carboxylic acids is 1. The number of carbonyl (C=O) groups is 1. The Morgan fingerprint density at radius 2 is 2.33 bits per heavy atom. The van der Waals surface area contributed by atoms with Gasteiger partial charge in [-0.15, -0.1) is 0 Å². The van der Waals surface area contributed by atoms with Gasteiger partial charge in [0.05, 0.1) is 16.9 Å². The Bertz CT molecular complexity index is 445. The number of nitrogen functional groups attached to an aromatic ring is 1. The molecule has 0 aliphatic carbocycles. The summed E-state index contributed by atoms with van der Waals surface area (Å²) in [5, 5.41) is 9.04. The first-order valence-corrected chi connectivity index (χ1v) is 6.49. The largest absolute Gasteiger partial charge is 0.478 e. The van der Waals surface area contributed by atoms with Gasteiger partial charge in [-0.3, -0.25) is 0 Å². The van der Waals surface area contributed by atoms with E-state index < -0.39 is 5.97 Å². The molecule has 0 bridgehead atoms. The fourth-order valence-corrected chi connectivity index (χ4v) is 2.57. The predicted octanol–water partition coefficient (Wildman–Crippen LogP) is 2.59. The second-order valence-corrected chi connectivity index (χ2v) is 4.94. The van der Waals surface area contributed by atoms with Crippen LogP contribution >= 0.6 is 0 Å². The first-order valence-electron chi connectivity index (χ1n) is 6.49. The van der Waals surface area contributed by atoms with Gasteiger partial charge in [0.2, 0.25) is 0 Å². The molecule has 1 aliphatic rings. The predicted molar refractivity (Wildman–Crippen MR) is 73.0 cm³/mol. The number of nitrogens with two attached hydrogens (primary N) is 1. The molecule has 1 saturated heterocycles. The second kappa shape index (κ2) is 5.29. The molecular formula is C14H20N2O2. The van der Waals surface area contributed by atoms with Crippen molar-refractivity contribution in [1.82, 2.24) is 0 Å². The zero-order chi connectivity index (χ0) is 13.1. The lowest BCUT2D eigenvalue weighted by atomic mass is 9.95. The van der Waals surface area contributed by atoms with Crippen molar-refractivity contribution < 1.29 is 9.90 Å². The molecule has 2 rings (SSSR count). The van der Waals surface area contributed by atoms with Crippen LogP contribution in [0, 0.1) is 5.92 Å².